The van der Waals surface area contributed by atoms with Crippen LogP contribution in [-0.4, -0.2) is 64.3 Å². The van der Waals surface area contributed by atoms with Crippen LogP contribution in [0.4, 0.5) is 10.5 Å². The van der Waals surface area contributed by atoms with Crippen LogP contribution in [0.1, 0.15) is 6.42 Å². The van der Waals surface area contributed by atoms with Crippen molar-refractivity contribution in [1.29, 1.82) is 0 Å². The minimum Gasteiger partial charge on any atom is -0.495 e. The Morgan fingerprint density at radius 1 is 1.35 bits per heavy atom. The number of hydrogen-bond donors (Lipinski definition) is 1. The summed E-state index contributed by atoms with van der Waals surface area (Å²) in [5.41, 5.74) is 0.545. The number of benzene rings is 1. The van der Waals surface area contributed by atoms with E-state index in [-0.39, 0.29) is 23.6 Å². The summed E-state index contributed by atoms with van der Waals surface area (Å²) in [6.07, 6.45) is 0.450. The Balaban J connectivity index is 2.13. The molecule has 1 aliphatic rings. The van der Waals surface area contributed by atoms with Crippen molar-refractivity contribution in [3.8, 4) is 5.75 Å². The van der Waals surface area contributed by atoms with Crippen LogP contribution in [-0.2, 0) is 14.6 Å². The van der Waals surface area contributed by atoms with Crippen LogP contribution < -0.4 is 10.1 Å². The van der Waals surface area contributed by atoms with Crippen molar-refractivity contribution in [3.05, 3.63) is 24.3 Å². The van der Waals surface area contributed by atoms with Crippen LogP contribution in [0.3, 0.4) is 0 Å². The van der Waals surface area contributed by atoms with E-state index in [2.05, 4.69) is 5.32 Å². The van der Waals surface area contributed by atoms with Crippen molar-refractivity contribution in [2.24, 2.45) is 0 Å². The van der Waals surface area contributed by atoms with Crippen LogP contribution in [0.2, 0.25) is 0 Å². The molecular formula is C15H22N2O5S. The number of carbonyl (C=O) groups excluding carboxylic acids is 1. The number of sulfone groups is 1. The molecule has 128 valence electrons. The Morgan fingerprint density at radius 2 is 2.09 bits per heavy atom. The first-order valence-electron chi connectivity index (χ1n) is 7.37. The van der Waals surface area contributed by atoms with E-state index in [1.165, 1.54) is 12.0 Å². The third kappa shape index (κ3) is 4.59. The molecule has 1 N–H and O–H groups in total. The van der Waals surface area contributed by atoms with Crippen LogP contribution in [0.25, 0.3) is 0 Å². The maximum absolute atomic E-state index is 12.6. The average Bonchev–Trinajstić information content (AvgIpc) is 2.88. The van der Waals surface area contributed by atoms with E-state index in [0.29, 0.717) is 31.0 Å². The van der Waals surface area contributed by atoms with Gasteiger partial charge in [-0.1, -0.05) is 12.1 Å². The molecule has 1 fully saturated rings. The van der Waals surface area contributed by atoms with Crippen LogP contribution in [0.5, 0.6) is 5.75 Å². The van der Waals surface area contributed by atoms with Gasteiger partial charge in [0, 0.05) is 19.7 Å². The maximum Gasteiger partial charge on any atom is 0.322 e. The standard InChI is InChI=1S/C15H22N2O5S/c1-21-9-8-17(12-7-10-23(19,20)11-12)15(18)16-13-5-3-4-6-14(13)22-2/h3-6,12H,7-11H2,1-2H3,(H,16,18). The summed E-state index contributed by atoms with van der Waals surface area (Å²) < 4.78 is 33.6. The lowest BCUT2D eigenvalue weighted by molar-refractivity contribution is 0.140. The van der Waals surface area contributed by atoms with Crippen molar-refractivity contribution >= 4 is 21.6 Å². The molecule has 1 aromatic carbocycles. The Bertz CT molecular complexity index is 647. The number of nitrogens with one attached hydrogen (secondary N) is 1. The molecule has 2 amide bonds. The van der Waals surface area contributed by atoms with Gasteiger partial charge in [-0.05, 0) is 18.6 Å². The largest absolute Gasteiger partial charge is 0.495 e. The maximum atomic E-state index is 12.6. The summed E-state index contributed by atoms with van der Waals surface area (Å²) in [4.78, 5) is 14.1. The number of methoxy groups -OCH3 is 2. The summed E-state index contributed by atoms with van der Waals surface area (Å²) >= 11 is 0. The first-order valence-corrected chi connectivity index (χ1v) is 9.19. The van der Waals surface area contributed by atoms with Gasteiger partial charge in [-0.2, -0.15) is 0 Å². The summed E-state index contributed by atoms with van der Waals surface area (Å²) in [6.45, 7) is 0.674. The van der Waals surface area contributed by atoms with Crippen molar-refractivity contribution in [3.63, 3.8) is 0 Å². The number of ether oxygens (including phenoxy) is 2. The van der Waals surface area contributed by atoms with Gasteiger partial charge < -0.3 is 19.7 Å². The number of carbonyl (C=O) groups is 1. The lowest BCUT2D eigenvalue weighted by Crippen LogP contribution is -2.45. The lowest BCUT2D eigenvalue weighted by Gasteiger charge is -2.28. The van der Waals surface area contributed by atoms with E-state index in [1.54, 1.807) is 31.4 Å². The summed E-state index contributed by atoms with van der Waals surface area (Å²) in [5, 5.41) is 2.79. The van der Waals surface area contributed by atoms with Gasteiger partial charge in [-0.25, -0.2) is 13.2 Å². The normalized spacial score (nSPS) is 19.3. The van der Waals surface area contributed by atoms with Crippen molar-refractivity contribution in [2.75, 3.05) is 44.2 Å². The highest BCUT2D eigenvalue weighted by atomic mass is 32.2. The Kier molecular flexibility index (Phi) is 5.84. The molecule has 0 saturated carbocycles. The second-order valence-corrected chi connectivity index (χ2v) is 7.60. The molecule has 1 unspecified atom stereocenters. The van der Waals surface area contributed by atoms with E-state index in [9.17, 15) is 13.2 Å². The molecule has 0 bridgehead atoms. The SMILES string of the molecule is COCCN(C(=O)Nc1ccccc1OC)C1CCS(=O)(=O)C1. The minimum atomic E-state index is -3.07. The third-order valence-electron chi connectivity index (χ3n) is 3.79. The van der Waals surface area contributed by atoms with Crippen molar-refractivity contribution in [2.45, 2.75) is 12.5 Å². The van der Waals surface area contributed by atoms with Gasteiger partial charge in [0.05, 0.1) is 30.9 Å². The van der Waals surface area contributed by atoms with E-state index in [1.807, 2.05) is 0 Å². The number of para-hydroxylation sites is 2. The average molecular weight is 342 g/mol. The highest BCUT2D eigenvalue weighted by molar-refractivity contribution is 7.91. The first-order chi connectivity index (χ1) is 11.0. The molecule has 0 radical (unpaired) electrons. The molecule has 0 spiro atoms. The van der Waals surface area contributed by atoms with E-state index < -0.39 is 9.84 Å². The van der Waals surface area contributed by atoms with Crippen molar-refractivity contribution in [1.82, 2.24) is 4.90 Å². The molecule has 0 aliphatic carbocycles. The van der Waals surface area contributed by atoms with Gasteiger partial charge in [0.1, 0.15) is 5.75 Å². The van der Waals surface area contributed by atoms with E-state index in [0.717, 1.165) is 0 Å². The number of urea groups is 1. The lowest BCUT2D eigenvalue weighted by atomic mass is 10.2. The predicted molar refractivity (Wildman–Crippen MR) is 87.7 cm³/mol. The fourth-order valence-electron chi connectivity index (χ4n) is 2.60. The molecule has 1 saturated heterocycles. The molecule has 1 aromatic rings. The molecule has 2 rings (SSSR count). The van der Waals surface area contributed by atoms with E-state index in [4.69, 9.17) is 9.47 Å². The van der Waals surface area contributed by atoms with Gasteiger partial charge in [0.15, 0.2) is 9.84 Å². The summed E-state index contributed by atoms with van der Waals surface area (Å²) in [5.74, 6) is 0.658. The number of amides is 2. The van der Waals surface area contributed by atoms with Gasteiger partial charge in [0.2, 0.25) is 0 Å². The number of anilines is 1. The first kappa shape index (κ1) is 17.6. The minimum absolute atomic E-state index is 0.00391. The highest BCUT2D eigenvalue weighted by Crippen LogP contribution is 2.25. The summed E-state index contributed by atoms with van der Waals surface area (Å²) in [6, 6.07) is 6.39. The van der Waals surface area contributed by atoms with Gasteiger partial charge in [-0.3, -0.25) is 0 Å². The Labute approximate surface area is 136 Å². The number of rotatable bonds is 6. The third-order valence-corrected chi connectivity index (χ3v) is 5.55. The molecule has 1 atom stereocenters. The van der Waals surface area contributed by atoms with Crippen LogP contribution in [0, 0.1) is 0 Å². The Hall–Kier alpha value is -1.80. The van der Waals surface area contributed by atoms with E-state index >= 15 is 0 Å². The molecule has 1 heterocycles. The van der Waals surface area contributed by atoms with Crippen LogP contribution in [0.15, 0.2) is 24.3 Å². The molecule has 23 heavy (non-hydrogen) atoms. The quantitative estimate of drug-likeness (QED) is 0.844. The topological polar surface area (TPSA) is 84.9 Å². The molecule has 8 heteroatoms. The molecule has 7 nitrogen and oxygen atoms in total. The fourth-order valence-corrected chi connectivity index (χ4v) is 4.33. The van der Waals surface area contributed by atoms with Crippen molar-refractivity contribution < 1.29 is 22.7 Å². The fraction of sp³-hybridized carbons (Fsp3) is 0.533. The molecular weight excluding hydrogens is 320 g/mol. The molecule has 0 aromatic heterocycles. The van der Waals surface area contributed by atoms with Crippen LogP contribution >= 0.6 is 0 Å². The second-order valence-electron chi connectivity index (χ2n) is 5.37. The monoisotopic (exact) mass is 342 g/mol. The highest BCUT2D eigenvalue weighted by Gasteiger charge is 2.34. The summed E-state index contributed by atoms with van der Waals surface area (Å²) in [7, 11) is -0.00352. The zero-order valence-electron chi connectivity index (χ0n) is 13.3. The second kappa shape index (κ2) is 7.65. The zero-order chi connectivity index (χ0) is 16.9. The van der Waals surface area contributed by atoms with Gasteiger partial charge in [0.25, 0.3) is 0 Å². The van der Waals surface area contributed by atoms with Gasteiger partial charge >= 0.3 is 6.03 Å². The predicted octanol–water partition coefficient (Wildman–Crippen LogP) is 1.36. The zero-order valence-corrected chi connectivity index (χ0v) is 14.1. The van der Waals surface area contributed by atoms with Gasteiger partial charge in [-0.15, -0.1) is 0 Å². The molecule has 1 aliphatic heterocycles. The number of nitrogens with zero attached hydrogens (tertiary/aromatic N) is 1. The smallest absolute Gasteiger partial charge is 0.322 e. The Morgan fingerprint density at radius 3 is 2.70 bits per heavy atom. The number of hydrogen-bond acceptors (Lipinski definition) is 5.